The maximum atomic E-state index is 13.2. The highest BCUT2D eigenvalue weighted by Crippen LogP contribution is 2.38. The standard InChI is InChI=1S/C24H30FN3O10S/c1-2-7-35-21-17(31)15(9-29)37-23(19(21)33)39-24-20(34)22(18(32)16(10-30)38-24)36-11-13-8-28(27-26-13)14-5-3-12(25)4-6-14/h1,3-6,8,15-24,29-34H,7,9-11H2/t15-,16-,17+,18+,19-,20-,21+,22+,23+,24+/m1/s1. The molecule has 1 aromatic heterocycles. The lowest BCUT2D eigenvalue weighted by molar-refractivity contribution is -0.229. The first-order valence-electron chi connectivity index (χ1n) is 12.0. The van der Waals surface area contributed by atoms with Gasteiger partial charge in [0.2, 0.25) is 0 Å². The SMILES string of the molecule is C#CCO[C@H]1[C@@H](O)[C@@H](CO)O[C@@H](S[C@@H]2O[C@H](CO)[C@H](O)[C@H](OCc3cn(-c4ccc(F)cc4)nn3)[C@H]2O)[C@@H]1O. The molecule has 15 heteroatoms. The van der Waals surface area contributed by atoms with Crippen LogP contribution in [0.25, 0.3) is 5.69 Å². The van der Waals surface area contributed by atoms with Crippen LogP contribution in [0, 0.1) is 18.2 Å². The van der Waals surface area contributed by atoms with Crippen molar-refractivity contribution in [3.8, 4) is 18.0 Å². The lowest BCUT2D eigenvalue weighted by Crippen LogP contribution is -2.61. The summed E-state index contributed by atoms with van der Waals surface area (Å²) in [6, 6.07) is 5.57. The van der Waals surface area contributed by atoms with Crippen LogP contribution in [0.1, 0.15) is 5.69 Å². The zero-order chi connectivity index (χ0) is 28.1. The Balaban J connectivity index is 1.44. The average Bonchev–Trinajstić information content (AvgIpc) is 3.41. The average molecular weight is 572 g/mol. The summed E-state index contributed by atoms with van der Waals surface area (Å²) in [5.74, 6) is 1.84. The Labute approximate surface area is 227 Å². The quantitative estimate of drug-likeness (QED) is 0.171. The zero-order valence-corrected chi connectivity index (χ0v) is 21.3. The molecular weight excluding hydrogens is 541 g/mol. The van der Waals surface area contributed by atoms with E-state index in [9.17, 15) is 35.0 Å². The largest absolute Gasteiger partial charge is 0.394 e. The second-order valence-corrected chi connectivity index (χ2v) is 10.1. The predicted octanol–water partition coefficient (Wildman–Crippen LogP) is -2.08. The minimum Gasteiger partial charge on any atom is -0.394 e. The minimum absolute atomic E-state index is 0.182. The summed E-state index contributed by atoms with van der Waals surface area (Å²) in [6.45, 7) is -1.58. The van der Waals surface area contributed by atoms with Crippen molar-refractivity contribution in [2.45, 2.75) is 66.3 Å². The lowest BCUT2D eigenvalue weighted by Gasteiger charge is -2.46. The molecule has 0 bridgehead atoms. The van der Waals surface area contributed by atoms with Gasteiger partial charge in [0.25, 0.3) is 0 Å². The van der Waals surface area contributed by atoms with Crippen molar-refractivity contribution in [1.82, 2.24) is 15.0 Å². The summed E-state index contributed by atoms with van der Waals surface area (Å²) in [6.07, 6.45) is -3.69. The van der Waals surface area contributed by atoms with Crippen LogP contribution in [0.4, 0.5) is 4.39 Å². The van der Waals surface area contributed by atoms with Crippen molar-refractivity contribution in [2.24, 2.45) is 0 Å². The number of aliphatic hydroxyl groups excluding tert-OH is 6. The first kappa shape index (κ1) is 29.8. The topological polar surface area (TPSA) is 189 Å². The van der Waals surface area contributed by atoms with Crippen molar-refractivity contribution in [1.29, 1.82) is 0 Å². The number of ether oxygens (including phenoxy) is 4. The molecule has 0 radical (unpaired) electrons. The number of rotatable bonds is 10. The van der Waals surface area contributed by atoms with E-state index in [0.29, 0.717) is 11.4 Å². The second kappa shape index (κ2) is 13.4. The van der Waals surface area contributed by atoms with Gasteiger partial charge in [0.15, 0.2) is 0 Å². The summed E-state index contributed by atoms with van der Waals surface area (Å²) in [5, 5.41) is 70.2. The van der Waals surface area contributed by atoms with Gasteiger partial charge in [-0.2, -0.15) is 0 Å². The maximum Gasteiger partial charge on any atom is 0.134 e. The molecule has 0 spiro atoms. The lowest BCUT2D eigenvalue weighted by atomic mass is 10.00. The van der Waals surface area contributed by atoms with Gasteiger partial charge >= 0.3 is 0 Å². The van der Waals surface area contributed by atoms with Crippen LogP contribution in [0.3, 0.4) is 0 Å². The molecule has 2 fully saturated rings. The van der Waals surface area contributed by atoms with E-state index in [1.54, 1.807) is 0 Å². The van der Waals surface area contributed by atoms with Gasteiger partial charge in [0, 0.05) is 0 Å². The summed E-state index contributed by atoms with van der Waals surface area (Å²) < 4.78 is 37.0. The van der Waals surface area contributed by atoms with Gasteiger partial charge in [-0.05, 0) is 24.3 Å². The van der Waals surface area contributed by atoms with E-state index in [1.807, 2.05) is 0 Å². The number of halogens is 1. The van der Waals surface area contributed by atoms with Crippen LogP contribution >= 0.6 is 11.8 Å². The highest BCUT2D eigenvalue weighted by molar-refractivity contribution is 8.00. The van der Waals surface area contributed by atoms with Crippen LogP contribution in [-0.4, -0.2) is 125 Å². The first-order valence-corrected chi connectivity index (χ1v) is 13.0. The highest BCUT2D eigenvalue weighted by Gasteiger charge is 2.50. The van der Waals surface area contributed by atoms with Gasteiger partial charge in [-0.3, -0.25) is 0 Å². The molecule has 0 saturated carbocycles. The molecular formula is C24H30FN3O10S. The molecule has 2 saturated heterocycles. The molecule has 39 heavy (non-hydrogen) atoms. The summed E-state index contributed by atoms with van der Waals surface area (Å²) in [7, 11) is 0. The van der Waals surface area contributed by atoms with Crippen LogP contribution in [0.5, 0.6) is 0 Å². The fourth-order valence-corrected chi connectivity index (χ4v) is 5.58. The highest BCUT2D eigenvalue weighted by atomic mass is 32.2. The van der Waals surface area contributed by atoms with E-state index < -0.39 is 78.7 Å². The van der Waals surface area contributed by atoms with E-state index in [1.165, 1.54) is 35.1 Å². The van der Waals surface area contributed by atoms with E-state index >= 15 is 0 Å². The number of hydrogen-bond acceptors (Lipinski definition) is 13. The third-order valence-corrected chi connectivity index (χ3v) is 7.64. The molecule has 6 N–H and O–H groups in total. The zero-order valence-electron chi connectivity index (χ0n) is 20.5. The maximum absolute atomic E-state index is 13.2. The van der Waals surface area contributed by atoms with Gasteiger partial charge in [-0.25, -0.2) is 9.07 Å². The number of aromatic nitrogens is 3. The molecule has 214 valence electrons. The van der Waals surface area contributed by atoms with E-state index in [0.717, 1.165) is 11.8 Å². The Kier molecular flexibility index (Phi) is 10.3. The molecule has 2 aliphatic heterocycles. The number of thioether (sulfide) groups is 1. The van der Waals surface area contributed by atoms with Crippen LogP contribution in [-0.2, 0) is 25.6 Å². The molecule has 13 nitrogen and oxygen atoms in total. The van der Waals surface area contributed by atoms with Crippen molar-refractivity contribution in [2.75, 3.05) is 19.8 Å². The van der Waals surface area contributed by atoms with Gasteiger partial charge < -0.3 is 49.6 Å². The van der Waals surface area contributed by atoms with Crippen molar-refractivity contribution in [3.05, 3.63) is 42.0 Å². The summed E-state index contributed by atoms with van der Waals surface area (Å²) in [5.41, 5.74) is -1.43. The summed E-state index contributed by atoms with van der Waals surface area (Å²) in [4.78, 5) is 0. The van der Waals surface area contributed by atoms with Crippen LogP contribution < -0.4 is 0 Å². The molecule has 0 amide bonds. The number of terminal acetylenes is 1. The van der Waals surface area contributed by atoms with Crippen molar-refractivity contribution in [3.63, 3.8) is 0 Å². The predicted molar refractivity (Wildman–Crippen MR) is 132 cm³/mol. The molecule has 3 heterocycles. The Morgan fingerprint density at radius 3 is 2.03 bits per heavy atom. The number of nitrogens with zero attached hydrogens (tertiary/aromatic N) is 3. The molecule has 2 aliphatic rings. The molecule has 4 rings (SSSR count). The van der Waals surface area contributed by atoms with Gasteiger partial charge in [-0.15, -0.1) is 11.5 Å². The summed E-state index contributed by atoms with van der Waals surface area (Å²) >= 11 is 0.802. The van der Waals surface area contributed by atoms with Crippen LogP contribution in [0.15, 0.2) is 30.5 Å². The molecule has 0 unspecified atom stereocenters. The number of aliphatic hydroxyl groups is 6. The number of hydrogen-bond donors (Lipinski definition) is 6. The molecule has 10 atom stereocenters. The van der Waals surface area contributed by atoms with E-state index in [-0.39, 0.29) is 13.2 Å². The second-order valence-electron chi connectivity index (χ2n) is 8.94. The Hall–Kier alpha value is -2.20. The Morgan fingerprint density at radius 1 is 0.923 bits per heavy atom. The third-order valence-electron chi connectivity index (χ3n) is 6.33. The van der Waals surface area contributed by atoms with E-state index in [2.05, 4.69) is 16.2 Å². The normalized spacial score (nSPS) is 35.0. The fraction of sp³-hybridized carbons (Fsp3) is 0.583. The van der Waals surface area contributed by atoms with Gasteiger partial charge in [0.05, 0.1) is 31.7 Å². The monoisotopic (exact) mass is 571 g/mol. The van der Waals surface area contributed by atoms with Crippen molar-refractivity contribution >= 4 is 11.8 Å². The fourth-order valence-electron chi connectivity index (χ4n) is 4.27. The minimum atomic E-state index is -1.47. The van der Waals surface area contributed by atoms with Gasteiger partial charge in [-0.1, -0.05) is 22.9 Å². The third kappa shape index (κ3) is 6.76. The van der Waals surface area contributed by atoms with E-state index in [4.69, 9.17) is 25.4 Å². The molecule has 1 aromatic carbocycles. The Bertz CT molecular complexity index is 1100. The number of benzene rings is 1. The molecule has 0 aliphatic carbocycles. The smallest absolute Gasteiger partial charge is 0.134 e. The van der Waals surface area contributed by atoms with Gasteiger partial charge in [0.1, 0.15) is 77.8 Å². The first-order chi connectivity index (χ1) is 18.8. The Morgan fingerprint density at radius 2 is 1.49 bits per heavy atom. The molecule has 2 aromatic rings. The van der Waals surface area contributed by atoms with Crippen LogP contribution in [0.2, 0.25) is 0 Å². The van der Waals surface area contributed by atoms with Crippen molar-refractivity contribution < 1.29 is 54.0 Å².